The second-order valence-corrected chi connectivity index (χ2v) is 7.64. The fourth-order valence-corrected chi connectivity index (χ4v) is 3.73. The number of rotatable bonds is 10. The molecule has 0 amide bonds. The Morgan fingerprint density at radius 2 is 1.81 bits per heavy atom. The molecule has 2 N–H and O–H groups in total. The van der Waals surface area contributed by atoms with Gasteiger partial charge in [-0.05, 0) is 36.6 Å². The van der Waals surface area contributed by atoms with Crippen LogP contribution >= 0.6 is 0 Å². The number of hydrogen-bond acceptors (Lipinski definition) is 4. The maximum absolute atomic E-state index is 14.1. The lowest BCUT2D eigenvalue weighted by Crippen LogP contribution is -2.44. The van der Waals surface area contributed by atoms with E-state index in [9.17, 15) is 8.78 Å². The number of aliphatic imine (C=N–C) groups is 1. The molecule has 0 bridgehead atoms. The number of ether oxygens (including phenoxy) is 2. The van der Waals surface area contributed by atoms with Crippen LogP contribution in [0.15, 0.2) is 47.5 Å². The van der Waals surface area contributed by atoms with Gasteiger partial charge >= 0.3 is 0 Å². The Labute approximate surface area is 188 Å². The summed E-state index contributed by atoms with van der Waals surface area (Å²) in [6.45, 7) is 6.06. The number of nitrogens with zero attached hydrogens (tertiary/aromatic N) is 2. The minimum absolute atomic E-state index is 0.0417. The Kier molecular flexibility index (Phi) is 9.25. The number of nitrogens with one attached hydrogen (secondary N) is 2. The van der Waals surface area contributed by atoms with Crippen LogP contribution in [-0.4, -0.2) is 52.0 Å². The molecular weight excluding hydrogens is 414 g/mol. The van der Waals surface area contributed by atoms with Crippen LogP contribution in [0, 0.1) is 11.6 Å². The Morgan fingerprint density at radius 1 is 1.09 bits per heavy atom. The van der Waals surface area contributed by atoms with Crippen LogP contribution in [-0.2, 0) is 22.6 Å². The van der Waals surface area contributed by atoms with Crippen LogP contribution in [0.2, 0.25) is 0 Å². The van der Waals surface area contributed by atoms with Gasteiger partial charge in [-0.25, -0.2) is 8.78 Å². The summed E-state index contributed by atoms with van der Waals surface area (Å²) in [6.07, 6.45) is 0.767. The molecule has 2 aromatic carbocycles. The van der Waals surface area contributed by atoms with E-state index in [1.807, 2.05) is 25.1 Å². The number of guanidine groups is 1. The summed E-state index contributed by atoms with van der Waals surface area (Å²) < 4.78 is 39.1. The zero-order chi connectivity index (χ0) is 22.8. The van der Waals surface area contributed by atoms with E-state index in [0.29, 0.717) is 52.0 Å². The molecule has 1 aliphatic rings. The second kappa shape index (κ2) is 12.4. The summed E-state index contributed by atoms with van der Waals surface area (Å²) in [7, 11) is 1.71. The Bertz CT molecular complexity index is 874. The third-order valence-corrected chi connectivity index (χ3v) is 5.30. The first-order valence-electron chi connectivity index (χ1n) is 11.0. The summed E-state index contributed by atoms with van der Waals surface area (Å²) in [5.41, 5.74) is 2.25. The molecule has 1 fully saturated rings. The molecule has 0 saturated carbocycles. The van der Waals surface area contributed by atoms with Crippen LogP contribution in [0.25, 0.3) is 0 Å². The number of benzene rings is 2. The molecule has 174 valence electrons. The molecule has 1 unspecified atom stereocenters. The zero-order valence-corrected chi connectivity index (χ0v) is 18.7. The predicted octanol–water partition coefficient (Wildman–Crippen LogP) is 3.46. The first-order chi connectivity index (χ1) is 15.6. The topological polar surface area (TPSA) is 58.1 Å². The molecule has 0 aromatic heterocycles. The van der Waals surface area contributed by atoms with Crippen LogP contribution in [0.5, 0.6) is 0 Å². The molecule has 1 atom stereocenters. The van der Waals surface area contributed by atoms with Gasteiger partial charge in [-0.15, -0.1) is 0 Å². The normalized spacial score (nSPS) is 16.4. The minimum atomic E-state index is -0.532. The van der Waals surface area contributed by atoms with Gasteiger partial charge in [-0.2, -0.15) is 0 Å². The molecule has 8 heteroatoms. The molecule has 32 heavy (non-hydrogen) atoms. The number of hydrogen-bond donors (Lipinski definition) is 2. The highest BCUT2D eigenvalue weighted by atomic mass is 19.1. The fourth-order valence-electron chi connectivity index (χ4n) is 3.73. The van der Waals surface area contributed by atoms with Crippen LogP contribution in [0.3, 0.4) is 0 Å². The standard InChI is InChI=1S/C24H32F2N4O2/c1-3-31-12-13-32-17-19-7-4-6-18(14-19)15-28-24(27-2)29-20-10-11-30(16-20)23-21(25)8-5-9-22(23)26/h4-9,14,20H,3,10-13,15-17H2,1-2H3,(H2,27,28,29). The molecule has 0 spiro atoms. The summed E-state index contributed by atoms with van der Waals surface area (Å²) in [6, 6.07) is 12.2. The van der Waals surface area contributed by atoms with E-state index in [0.717, 1.165) is 17.5 Å². The van der Waals surface area contributed by atoms with Crippen LogP contribution in [0.1, 0.15) is 24.5 Å². The van der Waals surface area contributed by atoms with Gasteiger partial charge in [-0.1, -0.05) is 30.3 Å². The average molecular weight is 447 g/mol. The van der Waals surface area contributed by atoms with Gasteiger partial charge < -0.3 is 25.0 Å². The van der Waals surface area contributed by atoms with Crippen molar-refractivity contribution in [2.24, 2.45) is 4.99 Å². The molecule has 2 aromatic rings. The third kappa shape index (κ3) is 6.90. The first-order valence-corrected chi connectivity index (χ1v) is 11.0. The van der Waals surface area contributed by atoms with Crippen molar-refractivity contribution in [2.45, 2.75) is 32.5 Å². The van der Waals surface area contributed by atoms with Gasteiger partial charge in [0, 0.05) is 39.3 Å². The van der Waals surface area contributed by atoms with Gasteiger partial charge in [0.05, 0.1) is 19.8 Å². The fraction of sp³-hybridized carbons (Fsp3) is 0.458. The molecule has 1 heterocycles. The largest absolute Gasteiger partial charge is 0.379 e. The SMILES string of the molecule is CCOCCOCc1cccc(CNC(=NC)NC2CCN(c3c(F)cccc3F)C2)c1. The number of para-hydroxylation sites is 1. The lowest BCUT2D eigenvalue weighted by molar-refractivity contribution is 0.0453. The van der Waals surface area contributed by atoms with E-state index < -0.39 is 11.6 Å². The van der Waals surface area contributed by atoms with Crippen molar-refractivity contribution in [1.82, 2.24) is 10.6 Å². The summed E-state index contributed by atoms with van der Waals surface area (Å²) in [5, 5.41) is 6.67. The van der Waals surface area contributed by atoms with Crippen molar-refractivity contribution in [1.29, 1.82) is 0 Å². The van der Waals surface area contributed by atoms with Gasteiger partial charge in [0.25, 0.3) is 0 Å². The molecule has 0 radical (unpaired) electrons. The molecule has 3 rings (SSSR count). The molecule has 6 nitrogen and oxygen atoms in total. The quantitative estimate of drug-likeness (QED) is 0.333. The van der Waals surface area contributed by atoms with E-state index in [1.54, 1.807) is 11.9 Å². The van der Waals surface area contributed by atoms with Crippen molar-refractivity contribution in [3.8, 4) is 0 Å². The van der Waals surface area contributed by atoms with Crippen molar-refractivity contribution >= 4 is 11.6 Å². The Balaban J connectivity index is 1.47. The van der Waals surface area contributed by atoms with E-state index in [4.69, 9.17) is 9.47 Å². The number of halogens is 2. The van der Waals surface area contributed by atoms with Crippen LogP contribution < -0.4 is 15.5 Å². The summed E-state index contributed by atoms with van der Waals surface area (Å²) >= 11 is 0. The highest BCUT2D eigenvalue weighted by molar-refractivity contribution is 5.80. The van der Waals surface area contributed by atoms with E-state index >= 15 is 0 Å². The average Bonchev–Trinajstić information content (AvgIpc) is 3.24. The molecular formula is C24H32F2N4O2. The predicted molar refractivity (Wildman–Crippen MR) is 123 cm³/mol. The van der Waals surface area contributed by atoms with Gasteiger partial charge in [0.15, 0.2) is 5.96 Å². The zero-order valence-electron chi connectivity index (χ0n) is 18.7. The summed E-state index contributed by atoms with van der Waals surface area (Å²) in [5.74, 6) is -0.408. The summed E-state index contributed by atoms with van der Waals surface area (Å²) in [4.78, 5) is 6.03. The van der Waals surface area contributed by atoms with Crippen molar-refractivity contribution in [3.63, 3.8) is 0 Å². The lowest BCUT2D eigenvalue weighted by atomic mass is 10.1. The van der Waals surface area contributed by atoms with Gasteiger partial charge in [0.1, 0.15) is 17.3 Å². The van der Waals surface area contributed by atoms with Crippen molar-refractivity contribution in [3.05, 3.63) is 65.2 Å². The Morgan fingerprint density at radius 3 is 2.56 bits per heavy atom. The van der Waals surface area contributed by atoms with Gasteiger partial charge in [0.2, 0.25) is 0 Å². The monoisotopic (exact) mass is 446 g/mol. The first kappa shape index (κ1) is 23.9. The maximum Gasteiger partial charge on any atom is 0.191 e. The smallest absolute Gasteiger partial charge is 0.191 e. The van der Waals surface area contributed by atoms with Crippen molar-refractivity contribution in [2.75, 3.05) is 44.9 Å². The highest BCUT2D eigenvalue weighted by Crippen LogP contribution is 2.26. The third-order valence-electron chi connectivity index (χ3n) is 5.30. The van der Waals surface area contributed by atoms with E-state index in [1.165, 1.54) is 18.2 Å². The minimum Gasteiger partial charge on any atom is -0.379 e. The molecule has 0 aliphatic carbocycles. The van der Waals surface area contributed by atoms with Gasteiger partial charge in [-0.3, -0.25) is 4.99 Å². The number of anilines is 1. The highest BCUT2D eigenvalue weighted by Gasteiger charge is 2.27. The lowest BCUT2D eigenvalue weighted by Gasteiger charge is -2.21. The second-order valence-electron chi connectivity index (χ2n) is 7.64. The maximum atomic E-state index is 14.1. The van der Waals surface area contributed by atoms with E-state index in [2.05, 4.69) is 21.7 Å². The van der Waals surface area contributed by atoms with E-state index in [-0.39, 0.29) is 11.7 Å². The van der Waals surface area contributed by atoms with Crippen molar-refractivity contribution < 1.29 is 18.3 Å². The molecule has 1 aliphatic heterocycles. The van der Waals surface area contributed by atoms with Crippen LogP contribution in [0.4, 0.5) is 14.5 Å². The Hall–Kier alpha value is -2.71. The molecule has 1 saturated heterocycles.